The normalized spacial score (nSPS) is 10.7. The average Bonchev–Trinajstić information content (AvgIpc) is 2.80. The Balaban J connectivity index is 1.85. The van der Waals surface area contributed by atoms with E-state index < -0.39 is 0 Å². The molecule has 0 saturated heterocycles. The molecular weight excluding hydrogens is 259 g/mol. The first-order chi connectivity index (χ1) is 9.61. The Morgan fingerprint density at radius 3 is 2.75 bits per heavy atom. The van der Waals surface area contributed by atoms with E-state index in [-0.39, 0.29) is 17.7 Å². The van der Waals surface area contributed by atoms with E-state index in [9.17, 15) is 9.18 Å². The van der Waals surface area contributed by atoms with Crippen molar-refractivity contribution < 1.29 is 9.18 Å². The van der Waals surface area contributed by atoms with E-state index in [1.165, 1.54) is 24.3 Å². The summed E-state index contributed by atoms with van der Waals surface area (Å²) in [5, 5.41) is 6.72. The zero-order chi connectivity index (χ0) is 14.1. The number of hydrogen-bond acceptors (Lipinski definition) is 3. The van der Waals surface area contributed by atoms with Crippen LogP contribution in [0, 0.1) is 12.7 Å². The maximum absolute atomic E-state index is 12.8. The van der Waals surface area contributed by atoms with Gasteiger partial charge < -0.3 is 0 Å². The summed E-state index contributed by atoms with van der Waals surface area (Å²) < 4.78 is 14.4. The molecule has 20 heavy (non-hydrogen) atoms. The molecule has 2 heterocycles. The van der Waals surface area contributed by atoms with Crippen LogP contribution in [0.3, 0.4) is 0 Å². The van der Waals surface area contributed by atoms with Gasteiger partial charge in [-0.1, -0.05) is 0 Å². The molecule has 6 heteroatoms. The molecule has 5 nitrogen and oxygen atoms in total. The summed E-state index contributed by atoms with van der Waals surface area (Å²) in [6, 6.07) is 9.04. The number of anilines is 1. The Bertz CT molecular complexity index is 779. The van der Waals surface area contributed by atoms with Crippen LogP contribution in [-0.2, 0) is 0 Å². The number of pyridine rings is 1. The third kappa shape index (κ3) is 2.35. The number of aryl methyl sites for hydroxylation is 1. The highest BCUT2D eigenvalue weighted by molar-refractivity contribution is 6.03. The van der Waals surface area contributed by atoms with Crippen molar-refractivity contribution >= 4 is 17.5 Å². The van der Waals surface area contributed by atoms with Crippen LogP contribution in [-0.4, -0.2) is 20.5 Å². The smallest absolute Gasteiger partial charge is 0.258 e. The average molecular weight is 270 g/mol. The van der Waals surface area contributed by atoms with E-state index >= 15 is 0 Å². The highest BCUT2D eigenvalue weighted by Crippen LogP contribution is 2.09. The zero-order valence-corrected chi connectivity index (χ0v) is 10.7. The van der Waals surface area contributed by atoms with E-state index in [1.54, 1.807) is 10.7 Å². The summed E-state index contributed by atoms with van der Waals surface area (Å²) in [6.07, 6.45) is 1.77. The van der Waals surface area contributed by atoms with Crippen LogP contribution < -0.4 is 5.32 Å². The molecule has 2 aromatic heterocycles. The molecule has 0 aliphatic heterocycles. The summed E-state index contributed by atoms with van der Waals surface area (Å²) in [5.74, 6) is -0.551. The molecule has 0 aliphatic carbocycles. The van der Waals surface area contributed by atoms with Crippen molar-refractivity contribution in [3.05, 3.63) is 59.5 Å². The van der Waals surface area contributed by atoms with Gasteiger partial charge in [0.25, 0.3) is 5.91 Å². The van der Waals surface area contributed by atoms with Gasteiger partial charge in [-0.25, -0.2) is 8.91 Å². The Morgan fingerprint density at radius 1 is 1.25 bits per heavy atom. The number of fused-ring (bicyclic) bond motifs is 1. The minimum Gasteiger partial charge on any atom is -0.289 e. The van der Waals surface area contributed by atoms with Crippen molar-refractivity contribution in [1.82, 2.24) is 14.6 Å². The number of nitrogens with one attached hydrogen (secondary N) is 1. The highest BCUT2D eigenvalue weighted by atomic mass is 19.1. The molecule has 0 bridgehead atoms. The number of halogens is 1. The lowest BCUT2D eigenvalue weighted by Gasteiger charge is -2.00. The van der Waals surface area contributed by atoms with Crippen LogP contribution in [0.15, 0.2) is 42.6 Å². The lowest BCUT2D eigenvalue weighted by atomic mass is 10.2. The fourth-order valence-corrected chi connectivity index (χ4v) is 1.81. The largest absolute Gasteiger partial charge is 0.289 e. The van der Waals surface area contributed by atoms with Crippen molar-refractivity contribution in [3.8, 4) is 0 Å². The van der Waals surface area contributed by atoms with Crippen LogP contribution in [0.4, 0.5) is 10.3 Å². The molecule has 0 atom stereocenters. The van der Waals surface area contributed by atoms with E-state index in [0.29, 0.717) is 11.2 Å². The number of benzene rings is 1. The van der Waals surface area contributed by atoms with Crippen molar-refractivity contribution in [2.24, 2.45) is 0 Å². The number of carbonyl (C=O) groups is 1. The summed E-state index contributed by atoms with van der Waals surface area (Å²) in [5.41, 5.74) is 2.06. The minimum absolute atomic E-state index is 0.213. The fourth-order valence-electron chi connectivity index (χ4n) is 1.81. The monoisotopic (exact) mass is 270 g/mol. The van der Waals surface area contributed by atoms with Gasteiger partial charge in [-0.3, -0.25) is 10.1 Å². The molecular formula is C14H11FN4O. The first-order valence-electron chi connectivity index (χ1n) is 6.02. The Labute approximate surface area is 114 Å². The van der Waals surface area contributed by atoms with Crippen LogP contribution in [0.1, 0.15) is 15.9 Å². The molecule has 0 aliphatic rings. The van der Waals surface area contributed by atoms with Gasteiger partial charge in [0.05, 0.1) is 0 Å². The predicted octanol–water partition coefficient (Wildman–Crippen LogP) is 2.43. The van der Waals surface area contributed by atoms with E-state index in [1.807, 2.05) is 19.1 Å². The first-order valence-corrected chi connectivity index (χ1v) is 6.02. The second-order valence-electron chi connectivity index (χ2n) is 4.40. The lowest BCUT2D eigenvalue weighted by Crippen LogP contribution is -2.13. The molecule has 1 amide bonds. The Morgan fingerprint density at radius 2 is 2.00 bits per heavy atom. The third-order valence-electron chi connectivity index (χ3n) is 2.82. The number of hydrogen-bond donors (Lipinski definition) is 1. The van der Waals surface area contributed by atoms with Gasteiger partial charge in [0, 0.05) is 11.8 Å². The van der Waals surface area contributed by atoms with Gasteiger partial charge in [-0.05, 0) is 48.9 Å². The molecule has 0 unspecified atom stereocenters. The summed E-state index contributed by atoms with van der Waals surface area (Å²) >= 11 is 0. The number of aromatic nitrogens is 3. The molecule has 1 aromatic carbocycles. The number of carbonyl (C=O) groups excluding carboxylic acids is 1. The van der Waals surface area contributed by atoms with Gasteiger partial charge in [0.1, 0.15) is 5.82 Å². The SMILES string of the molecule is Cc1ccn2nc(NC(=O)c3ccc(F)cc3)nc2c1. The quantitative estimate of drug-likeness (QED) is 0.778. The van der Waals surface area contributed by atoms with Gasteiger partial charge in [-0.15, -0.1) is 5.10 Å². The van der Waals surface area contributed by atoms with Gasteiger partial charge in [-0.2, -0.15) is 4.98 Å². The molecule has 0 radical (unpaired) electrons. The number of rotatable bonds is 2. The van der Waals surface area contributed by atoms with Gasteiger partial charge in [0.15, 0.2) is 5.65 Å². The van der Waals surface area contributed by atoms with Crippen LogP contribution >= 0.6 is 0 Å². The molecule has 0 fully saturated rings. The second-order valence-corrected chi connectivity index (χ2v) is 4.40. The number of nitrogens with zero attached hydrogens (tertiary/aromatic N) is 3. The second kappa shape index (κ2) is 4.73. The topological polar surface area (TPSA) is 59.3 Å². The molecule has 0 saturated carbocycles. The zero-order valence-electron chi connectivity index (χ0n) is 10.7. The standard InChI is InChI=1S/C14H11FN4O/c1-9-6-7-19-12(8-9)16-14(18-19)17-13(20)10-2-4-11(15)5-3-10/h2-8H,1H3,(H,17,18,20). The van der Waals surface area contributed by atoms with Crippen molar-refractivity contribution in [1.29, 1.82) is 0 Å². The molecule has 3 rings (SSSR count). The van der Waals surface area contributed by atoms with Crippen LogP contribution in [0.25, 0.3) is 5.65 Å². The van der Waals surface area contributed by atoms with Crippen molar-refractivity contribution in [2.75, 3.05) is 5.32 Å². The Hall–Kier alpha value is -2.76. The van der Waals surface area contributed by atoms with E-state index in [2.05, 4.69) is 15.4 Å². The highest BCUT2D eigenvalue weighted by Gasteiger charge is 2.10. The summed E-state index contributed by atoms with van der Waals surface area (Å²) in [4.78, 5) is 16.1. The van der Waals surface area contributed by atoms with Gasteiger partial charge in [0.2, 0.25) is 5.95 Å². The Kier molecular flexibility index (Phi) is 2.90. The van der Waals surface area contributed by atoms with Crippen LogP contribution in [0.5, 0.6) is 0 Å². The maximum atomic E-state index is 12.8. The summed E-state index contributed by atoms with van der Waals surface area (Å²) in [6.45, 7) is 1.95. The lowest BCUT2D eigenvalue weighted by molar-refractivity contribution is 0.102. The van der Waals surface area contributed by atoms with E-state index in [0.717, 1.165) is 5.56 Å². The maximum Gasteiger partial charge on any atom is 0.258 e. The van der Waals surface area contributed by atoms with Crippen molar-refractivity contribution in [3.63, 3.8) is 0 Å². The molecule has 1 N–H and O–H groups in total. The molecule has 0 spiro atoms. The molecule has 100 valence electrons. The third-order valence-corrected chi connectivity index (χ3v) is 2.82. The molecule has 3 aromatic rings. The first kappa shape index (κ1) is 12.3. The summed E-state index contributed by atoms with van der Waals surface area (Å²) in [7, 11) is 0. The minimum atomic E-state index is -0.386. The van der Waals surface area contributed by atoms with Gasteiger partial charge >= 0.3 is 0 Å². The predicted molar refractivity (Wildman–Crippen MR) is 72.1 cm³/mol. The van der Waals surface area contributed by atoms with Crippen LogP contribution in [0.2, 0.25) is 0 Å². The van der Waals surface area contributed by atoms with E-state index in [4.69, 9.17) is 0 Å². The number of amides is 1. The fraction of sp³-hybridized carbons (Fsp3) is 0.0714. The van der Waals surface area contributed by atoms with Crippen molar-refractivity contribution in [2.45, 2.75) is 6.92 Å².